The number of hydrogen-bond donors (Lipinski definition) is 1. The van der Waals surface area contributed by atoms with E-state index in [0.29, 0.717) is 6.04 Å². The Hall–Kier alpha value is -1.83. The smallest absolute Gasteiger partial charge is 0.0406 e. The topological polar surface area (TPSA) is 12.0 Å². The van der Waals surface area contributed by atoms with E-state index >= 15 is 0 Å². The SMILES string of the molecule is C[C@@H](NCc1ccc(Cl)cc1)c1cccc2ccccc12. The van der Waals surface area contributed by atoms with E-state index in [1.807, 2.05) is 12.1 Å². The van der Waals surface area contributed by atoms with E-state index in [2.05, 4.69) is 66.8 Å². The van der Waals surface area contributed by atoms with Crippen molar-refractivity contribution in [1.29, 1.82) is 0 Å². The van der Waals surface area contributed by atoms with E-state index in [4.69, 9.17) is 11.6 Å². The average molecular weight is 296 g/mol. The zero-order chi connectivity index (χ0) is 14.7. The summed E-state index contributed by atoms with van der Waals surface area (Å²) in [7, 11) is 0. The predicted molar refractivity (Wildman–Crippen MR) is 90.7 cm³/mol. The Kier molecular flexibility index (Phi) is 4.23. The quantitative estimate of drug-likeness (QED) is 0.684. The van der Waals surface area contributed by atoms with Gasteiger partial charge in [-0.3, -0.25) is 0 Å². The van der Waals surface area contributed by atoms with Crippen LogP contribution in [-0.4, -0.2) is 0 Å². The van der Waals surface area contributed by atoms with Gasteiger partial charge in [0.2, 0.25) is 0 Å². The van der Waals surface area contributed by atoms with Gasteiger partial charge in [-0.2, -0.15) is 0 Å². The van der Waals surface area contributed by atoms with Gasteiger partial charge in [0, 0.05) is 17.6 Å². The van der Waals surface area contributed by atoms with Crippen LogP contribution in [0.2, 0.25) is 5.02 Å². The zero-order valence-corrected chi connectivity index (χ0v) is 12.8. The highest BCUT2D eigenvalue weighted by Crippen LogP contribution is 2.24. The van der Waals surface area contributed by atoms with Gasteiger partial charge in [-0.25, -0.2) is 0 Å². The van der Waals surface area contributed by atoms with E-state index in [-0.39, 0.29) is 0 Å². The summed E-state index contributed by atoms with van der Waals surface area (Å²) in [5.41, 5.74) is 2.58. The molecule has 0 fully saturated rings. The normalized spacial score (nSPS) is 12.5. The van der Waals surface area contributed by atoms with Crippen LogP contribution in [0.3, 0.4) is 0 Å². The van der Waals surface area contributed by atoms with Crippen LogP contribution < -0.4 is 5.32 Å². The standard InChI is InChI=1S/C19H18ClN/c1-14(21-13-15-9-11-17(20)12-10-15)18-8-4-6-16-5-2-3-7-19(16)18/h2-12,14,21H,13H2,1H3/t14-/m1/s1. The Morgan fingerprint density at radius 1 is 0.905 bits per heavy atom. The molecule has 0 saturated carbocycles. The number of nitrogens with one attached hydrogen (secondary N) is 1. The van der Waals surface area contributed by atoms with Crippen LogP contribution in [0, 0.1) is 0 Å². The van der Waals surface area contributed by atoms with Crippen LogP contribution >= 0.6 is 11.6 Å². The molecule has 0 aromatic heterocycles. The highest BCUT2D eigenvalue weighted by Gasteiger charge is 2.08. The number of fused-ring (bicyclic) bond motifs is 1. The molecule has 0 aliphatic heterocycles. The molecule has 0 spiro atoms. The van der Waals surface area contributed by atoms with Crippen LogP contribution in [0.1, 0.15) is 24.1 Å². The Bertz CT molecular complexity index is 729. The summed E-state index contributed by atoms with van der Waals surface area (Å²) in [5.74, 6) is 0. The van der Waals surface area contributed by atoms with E-state index < -0.39 is 0 Å². The van der Waals surface area contributed by atoms with E-state index in [9.17, 15) is 0 Å². The molecule has 1 N–H and O–H groups in total. The maximum atomic E-state index is 5.92. The van der Waals surface area contributed by atoms with Crippen molar-refractivity contribution < 1.29 is 0 Å². The molecule has 0 amide bonds. The minimum atomic E-state index is 0.298. The fourth-order valence-corrected chi connectivity index (χ4v) is 2.74. The monoisotopic (exact) mass is 295 g/mol. The third kappa shape index (κ3) is 3.26. The van der Waals surface area contributed by atoms with Gasteiger partial charge < -0.3 is 5.32 Å². The Morgan fingerprint density at radius 3 is 2.43 bits per heavy atom. The molecule has 1 atom stereocenters. The first-order chi connectivity index (χ1) is 10.2. The van der Waals surface area contributed by atoms with Gasteiger partial charge >= 0.3 is 0 Å². The molecule has 0 aliphatic rings. The second-order valence-electron chi connectivity index (χ2n) is 5.30. The fraction of sp³-hybridized carbons (Fsp3) is 0.158. The summed E-state index contributed by atoms with van der Waals surface area (Å²) in [5, 5.41) is 6.97. The molecule has 0 aliphatic carbocycles. The average Bonchev–Trinajstić information content (AvgIpc) is 2.53. The van der Waals surface area contributed by atoms with Crippen LogP contribution in [0.15, 0.2) is 66.7 Å². The first kappa shape index (κ1) is 14.1. The number of benzene rings is 3. The van der Waals surface area contributed by atoms with Crippen molar-refractivity contribution in [2.75, 3.05) is 0 Å². The minimum absolute atomic E-state index is 0.298. The van der Waals surface area contributed by atoms with Crippen molar-refractivity contribution in [3.05, 3.63) is 82.9 Å². The fourth-order valence-electron chi connectivity index (χ4n) is 2.61. The van der Waals surface area contributed by atoms with Gasteiger partial charge in [0.25, 0.3) is 0 Å². The van der Waals surface area contributed by atoms with Crippen LogP contribution in [0.5, 0.6) is 0 Å². The predicted octanol–water partition coefficient (Wildman–Crippen LogP) is 5.34. The molecule has 21 heavy (non-hydrogen) atoms. The van der Waals surface area contributed by atoms with E-state index in [1.54, 1.807) is 0 Å². The molecule has 0 unspecified atom stereocenters. The first-order valence-corrected chi connectivity index (χ1v) is 7.57. The van der Waals surface area contributed by atoms with E-state index in [0.717, 1.165) is 11.6 Å². The molecule has 3 rings (SSSR count). The van der Waals surface area contributed by atoms with Gasteiger partial charge in [0.1, 0.15) is 0 Å². The van der Waals surface area contributed by atoms with Crippen LogP contribution in [0.4, 0.5) is 0 Å². The summed E-state index contributed by atoms with van der Waals surface area (Å²) in [6, 6.07) is 23.3. The number of hydrogen-bond acceptors (Lipinski definition) is 1. The van der Waals surface area contributed by atoms with Gasteiger partial charge in [-0.15, -0.1) is 0 Å². The lowest BCUT2D eigenvalue weighted by Crippen LogP contribution is -2.18. The molecule has 106 valence electrons. The Balaban J connectivity index is 1.78. The van der Waals surface area contributed by atoms with Crippen molar-refractivity contribution in [3.63, 3.8) is 0 Å². The molecular weight excluding hydrogens is 278 g/mol. The lowest BCUT2D eigenvalue weighted by atomic mass is 9.99. The van der Waals surface area contributed by atoms with Crippen molar-refractivity contribution in [2.45, 2.75) is 19.5 Å². The van der Waals surface area contributed by atoms with Crippen molar-refractivity contribution in [1.82, 2.24) is 5.32 Å². The molecule has 1 nitrogen and oxygen atoms in total. The van der Waals surface area contributed by atoms with Gasteiger partial charge in [-0.05, 0) is 41.0 Å². The molecule has 0 saturated heterocycles. The van der Waals surface area contributed by atoms with Crippen molar-refractivity contribution in [3.8, 4) is 0 Å². The maximum Gasteiger partial charge on any atom is 0.0406 e. The van der Waals surface area contributed by atoms with Gasteiger partial charge in [-0.1, -0.05) is 66.2 Å². The maximum absolute atomic E-state index is 5.92. The second kappa shape index (κ2) is 6.30. The number of rotatable bonds is 4. The molecular formula is C19H18ClN. The highest BCUT2D eigenvalue weighted by molar-refractivity contribution is 6.30. The molecule has 3 aromatic carbocycles. The summed E-state index contributed by atoms with van der Waals surface area (Å²) in [6.45, 7) is 3.04. The Labute approximate surface area is 130 Å². The largest absolute Gasteiger partial charge is 0.306 e. The number of halogens is 1. The van der Waals surface area contributed by atoms with Crippen LogP contribution in [-0.2, 0) is 6.54 Å². The summed E-state index contributed by atoms with van der Waals surface area (Å²) in [4.78, 5) is 0. The molecule has 0 bridgehead atoms. The van der Waals surface area contributed by atoms with Gasteiger partial charge in [0.15, 0.2) is 0 Å². The third-order valence-corrected chi connectivity index (χ3v) is 4.07. The lowest BCUT2D eigenvalue weighted by molar-refractivity contribution is 0.578. The van der Waals surface area contributed by atoms with Crippen molar-refractivity contribution >= 4 is 22.4 Å². The molecule has 0 radical (unpaired) electrons. The lowest BCUT2D eigenvalue weighted by Gasteiger charge is -2.16. The van der Waals surface area contributed by atoms with Crippen molar-refractivity contribution in [2.24, 2.45) is 0 Å². The summed E-state index contributed by atoms with van der Waals surface area (Å²) in [6.07, 6.45) is 0. The van der Waals surface area contributed by atoms with Gasteiger partial charge in [0.05, 0.1) is 0 Å². The minimum Gasteiger partial charge on any atom is -0.306 e. The van der Waals surface area contributed by atoms with E-state index in [1.165, 1.54) is 21.9 Å². The third-order valence-electron chi connectivity index (χ3n) is 3.82. The summed E-state index contributed by atoms with van der Waals surface area (Å²) >= 11 is 5.92. The van der Waals surface area contributed by atoms with Crippen LogP contribution in [0.25, 0.3) is 10.8 Å². The molecule has 0 heterocycles. The summed E-state index contributed by atoms with van der Waals surface area (Å²) < 4.78 is 0. The highest BCUT2D eigenvalue weighted by atomic mass is 35.5. The molecule has 3 aromatic rings. The first-order valence-electron chi connectivity index (χ1n) is 7.19. The Morgan fingerprint density at radius 2 is 1.62 bits per heavy atom. The zero-order valence-electron chi connectivity index (χ0n) is 12.0. The second-order valence-corrected chi connectivity index (χ2v) is 5.73. The molecule has 2 heteroatoms.